The molecule has 0 unspecified atom stereocenters. The second kappa shape index (κ2) is 8.58. The van der Waals surface area contributed by atoms with Crippen molar-refractivity contribution in [2.24, 2.45) is 0 Å². The van der Waals surface area contributed by atoms with Crippen molar-refractivity contribution < 1.29 is 14.3 Å². The van der Waals surface area contributed by atoms with E-state index in [0.29, 0.717) is 24.4 Å². The number of halogens is 1. The second-order valence-electron chi connectivity index (χ2n) is 7.21. The summed E-state index contributed by atoms with van der Waals surface area (Å²) >= 11 is 3.51. The predicted octanol–water partition coefficient (Wildman–Crippen LogP) is 5.33. The molecular formula is C21H26BrNO3. The molecule has 0 saturated carbocycles. The van der Waals surface area contributed by atoms with Crippen molar-refractivity contribution in [3.05, 3.63) is 57.6 Å². The van der Waals surface area contributed by atoms with Crippen LogP contribution in [0.2, 0.25) is 0 Å². The molecule has 0 atom stereocenters. The van der Waals surface area contributed by atoms with Gasteiger partial charge in [0.15, 0.2) is 0 Å². The summed E-state index contributed by atoms with van der Waals surface area (Å²) in [5, 5.41) is 3.26. The lowest BCUT2D eigenvalue weighted by atomic mass is 9.87. The molecule has 0 aliphatic heterocycles. The highest BCUT2D eigenvalue weighted by atomic mass is 79.9. The van der Waals surface area contributed by atoms with Crippen LogP contribution in [0.1, 0.15) is 42.3 Å². The van der Waals surface area contributed by atoms with Gasteiger partial charge in [-0.25, -0.2) is 4.79 Å². The maximum atomic E-state index is 12.0. The fourth-order valence-electron chi connectivity index (χ4n) is 2.59. The number of esters is 1. The van der Waals surface area contributed by atoms with Crippen molar-refractivity contribution >= 4 is 27.6 Å². The van der Waals surface area contributed by atoms with Crippen LogP contribution in [0.5, 0.6) is 5.75 Å². The van der Waals surface area contributed by atoms with Gasteiger partial charge >= 0.3 is 5.97 Å². The first kappa shape index (κ1) is 20.3. The van der Waals surface area contributed by atoms with Crippen LogP contribution in [0.3, 0.4) is 0 Å². The average Bonchev–Trinajstić information content (AvgIpc) is 2.58. The molecule has 140 valence electrons. The lowest BCUT2D eigenvalue weighted by molar-refractivity contribution is 0.0601. The van der Waals surface area contributed by atoms with Crippen LogP contribution in [0, 0.1) is 6.92 Å². The lowest BCUT2D eigenvalue weighted by Crippen LogP contribution is -2.15. The van der Waals surface area contributed by atoms with Crippen LogP contribution in [0.25, 0.3) is 0 Å². The third-order valence-electron chi connectivity index (χ3n) is 4.03. The first-order valence-electron chi connectivity index (χ1n) is 8.58. The average molecular weight is 420 g/mol. The van der Waals surface area contributed by atoms with Crippen molar-refractivity contribution in [1.82, 2.24) is 0 Å². The molecule has 0 heterocycles. The maximum absolute atomic E-state index is 12.0. The Kier molecular flexibility index (Phi) is 6.70. The third kappa shape index (κ3) is 5.24. The van der Waals surface area contributed by atoms with Gasteiger partial charge in [-0.3, -0.25) is 0 Å². The minimum Gasteiger partial charge on any atom is -0.492 e. The molecule has 0 aliphatic rings. The van der Waals surface area contributed by atoms with E-state index < -0.39 is 0 Å². The molecule has 2 aromatic rings. The van der Waals surface area contributed by atoms with Gasteiger partial charge in [0.2, 0.25) is 0 Å². The molecule has 26 heavy (non-hydrogen) atoms. The summed E-state index contributed by atoms with van der Waals surface area (Å²) in [7, 11) is 1.38. The van der Waals surface area contributed by atoms with Crippen molar-refractivity contribution in [2.45, 2.75) is 33.1 Å². The molecular weight excluding hydrogens is 394 g/mol. The zero-order valence-corrected chi connectivity index (χ0v) is 17.6. The number of hydrogen-bond donors (Lipinski definition) is 1. The van der Waals surface area contributed by atoms with Crippen LogP contribution >= 0.6 is 15.9 Å². The van der Waals surface area contributed by atoms with Crippen LogP contribution in [0.15, 0.2) is 40.9 Å². The Hall–Kier alpha value is -2.01. The van der Waals surface area contributed by atoms with Crippen molar-refractivity contribution in [3.8, 4) is 5.75 Å². The molecule has 2 aromatic carbocycles. The van der Waals surface area contributed by atoms with Crippen molar-refractivity contribution in [1.29, 1.82) is 0 Å². The summed E-state index contributed by atoms with van der Waals surface area (Å²) < 4.78 is 11.5. The topological polar surface area (TPSA) is 47.6 Å². The zero-order valence-electron chi connectivity index (χ0n) is 16.0. The number of methoxy groups -OCH3 is 1. The monoisotopic (exact) mass is 419 g/mol. The number of ether oxygens (including phenoxy) is 2. The van der Waals surface area contributed by atoms with E-state index in [1.165, 1.54) is 12.7 Å². The van der Waals surface area contributed by atoms with E-state index in [1.54, 1.807) is 0 Å². The fourth-order valence-corrected chi connectivity index (χ4v) is 3.30. The number of anilines is 1. The van der Waals surface area contributed by atoms with E-state index in [0.717, 1.165) is 15.8 Å². The highest BCUT2D eigenvalue weighted by Gasteiger charge is 2.16. The summed E-state index contributed by atoms with van der Waals surface area (Å²) in [5.41, 5.74) is 3.61. The summed E-state index contributed by atoms with van der Waals surface area (Å²) in [5.74, 6) is 0.464. The Morgan fingerprint density at radius 1 is 1.15 bits per heavy atom. The third-order valence-corrected chi connectivity index (χ3v) is 4.66. The number of carbonyl (C=O) groups is 1. The quantitative estimate of drug-likeness (QED) is 0.507. The molecule has 0 fully saturated rings. The highest BCUT2D eigenvalue weighted by Crippen LogP contribution is 2.29. The molecule has 0 bridgehead atoms. The first-order valence-corrected chi connectivity index (χ1v) is 9.37. The molecule has 2 rings (SSSR count). The largest absolute Gasteiger partial charge is 0.492 e. The van der Waals surface area contributed by atoms with Crippen LogP contribution in [-0.4, -0.2) is 26.2 Å². The van der Waals surface area contributed by atoms with E-state index in [-0.39, 0.29) is 11.4 Å². The number of hydrogen-bond acceptors (Lipinski definition) is 4. The minimum atomic E-state index is -0.365. The van der Waals surface area contributed by atoms with E-state index in [9.17, 15) is 4.79 Å². The minimum absolute atomic E-state index is 0.127. The highest BCUT2D eigenvalue weighted by molar-refractivity contribution is 9.10. The van der Waals surface area contributed by atoms with Crippen LogP contribution in [-0.2, 0) is 10.2 Å². The second-order valence-corrected chi connectivity index (χ2v) is 8.06. The summed E-state index contributed by atoms with van der Waals surface area (Å²) in [6.07, 6.45) is 0. The zero-order chi connectivity index (χ0) is 19.3. The number of rotatable bonds is 6. The van der Waals surface area contributed by atoms with Crippen molar-refractivity contribution in [3.63, 3.8) is 0 Å². The molecule has 1 N–H and O–H groups in total. The number of carbonyl (C=O) groups excluding carboxylic acids is 1. The number of benzene rings is 2. The molecule has 0 aromatic heterocycles. The lowest BCUT2D eigenvalue weighted by Gasteiger charge is -2.19. The Labute approximate surface area is 164 Å². The van der Waals surface area contributed by atoms with E-state index in [2.05, 4.69) is 54.2 Å². The number of aryl methyl sites for hydroxylation is 1. The van der Waals surface area contributed by atoms with Gasteiger partial charge in [-0.2, -0.15) is 0 Å². The normalized spacial score (nSPS) is 11.2. The van der Waals surface area contributed by atoms with Gasteiger partial charge in [0, 0.05) is 11.0 Å². The van der Waals surface area contributed by atoms with Gasteiger partial charge in [0.25, 0.3) is 0 Å². The fraction of sp³-hybridized carbons (Fsp3) is 0.381. The van der Waals surface area contributed by atoms with Gasteiger partial charge in [0.1, 0.15) is 12.4 Å². The van der Waals surface area contributed by atoms with Gasteiger partial charge in [0.05, 0.1) is 18.4 Å². The van der Waals surface area contributed by atoms with E-state index in [1.807, 2.05) is 31.2 Å². The standard InChI is InChI=1S/C21H26BrNO3/c1-14-12-17(20(24)25-5)19(18(22)13-14)23-10-11-26-16-8-6-15(7-9-16)21(2,3)4/h6-9,12-13,23H,10-11H2,1-5H3. The molecule has 0 saturated heterocycles. The van der Waals surface area contributed by atoms with Crippen molar-refractivity contribution in [2.75, 3.05) is 25.6 Å². The van der Waals surface area contributed by atoms with E-state index >= 15 is 0 Å². The van der Waals surface area contributed by atoms with Gasteiger partial charge in [-0.15, -0.1) is 0 Å². The maximum Gasteiger partial charge on any atom is 0.340 e. The Morgan fingerprint density at radius 2 is 1.81 bits per heavy atom. The van der Waals surface area contributed by atoms with Gasteiger partial charge in [-0.1, -0.05) is 32.9 Å². The first-order chi connectivity index (χ1) is 12.2. The Balaban J connectivity index is 1.97. The molecule has 5 heteroatoms. The summed E-state index contributed by atoms with van der Waals surface area (Å²) in [6.45, 7) is 9.54. The Morgan fingerprint density at radius 3 is 2.38 bits per heavy atom. The number of nitrogens with one attached hydrogen (secondary N) is 1. The molecule has 4 nitrogen and oxygen atoms in total. The molecule has 0 spiro atoms. The predicted molar refractivity (Wildman–Crippen MR) is 109 cm³/mol. The van der Waals surface area contributed by atoms with Gasteiger partial charge < -0.3 is 14.8 Å². The van der Waals surface area contributed by atoms with Crippen LogP contribution in [0.4, 0.5) is 5.69 Å². The Bertz CT molecular complexity index is 764. The molecule has 0 amide bonds. The molecule has 0 radical (unpaired) electrons. The van der Waals surface area contributed by atoms with Gasteiger partial charge in [-0.05, 0) is 63.7 Å². The molecule has 0 aliphatic carbocycles. The SMILES string of the molecule is COC(=O)c1cc(C)cc(Br)c1NCCOc1ccc(C(C)(C)C)cc1. The van der Waals surface area contributed by atoms with E-state index in [4.69, 9.17) is 9.47 Å². The van der Waals surface area contributed by atoms with Crippen LogP contribution < -0.4 is 10.1 Å². The summed E-state index contributed by atoms with van der Waals surface area (Å²) in [4.78, 5) is 12.0. The smallest absolute Gasteiger partial charge is 0.340 e. The summed E-state index contributed by atoms with van der Waals surface area (Å²) in [6, 6.07) is 11.9.